The number of benzene rings is 3. The number of para-hydroxylation sites is 1. The third-order valence-electron chi connectivity index (χ3n) is 7.12. The van der Waals surface area contributed by atoms with Gasteiger partial charge in [0.15, 0.2) is 5.54 Å². The molecular formula is C28H26Cl2N4O4. The molecule has 0 spiro atoms. The molecule has 0 bridgehead atoms. The Balaban J connectivity index is 1.59. The number of anilines is 2. The van der Waals surface area contributed by atoms with Crippen molar-refractivity contribution < 1.29 is 19.5 Å². The monoisotopic (exact) mass is 552 g/mol. The fourth-order valence-electron chi connectivity index (χ4n) is 5.25. The number of fused-ring (bicyclic) bond motifs is 1. The van der Waals surface area contributed by atoms with E-state index < -0.39 is 11.6 Å². The Labute approximate surface area is 230 Å². The Morgan fingerprint density at radius 2 is 1.58 bits per heavy atom. The first-order chi connectivity index (χ1) is 18.3. The molecule has 1 unspecified atom stereocenters. The van der Waals surface area contributed by atoms with Gasteiger partial charge in [-0.1, -0.05) is 59.6 Å². The molecule has 1 fully saturated rings. The number of nitrogens with zero attached hydrogens (tertiary/aromatic N) is 3. The predicted octanol–water partition coefficient (Wildman–Crippen LogP) is 4.71. The van der Waals surface area contributed by atoms with E-state index >= 15 is 0 Å². The molecular weight excluding hydrogens is 527 g/mol. The number of piperazine rings is 1. The second-order valence-corrected chi connectivity index (χ2v) is 10.3. The molecule has 1 saturated heterocycles. The lowest BCUT2D eigenvalue weighted by Gasteiger charge is -2.43. The summed E-state index contributed by atoms with van der Waals surface area (Å²) in [5.41, 5.74) is 1.56. The van der Waals surface area contributed by atoms with Crippen molar-refractivity contribution in [2.24, 2.45) is 0 Å². The highest BCUT2D eigenvalue weighted by molar-refractivity contribution is 6.31. The van der Waals surface area contributed by atoms with Crippen molar-refractivity contribution in [3.8, 4) is 0 Å². The molecule has 0 aromatic heterocycles. The predicted molar refractivity (Wildman–Crippen MR) is 147 cm³/mol. The first kappa shape index (κ1) is 25.9. The summed E-state index contributed by atoms with van der Waals surface area (Å²) >= 11 is 12.6. The van der Waals surface area contributed by atoms with Gasteiger partial charge in [-0.3, -0.25) is 9.59 Å². The smallest absolute Gasteiger partial charge is 0.407 e. The maximum absolute atomic E-state index is 14.0. The molecule has 10 heteroatoms. The van der Waals surface area contributed by atoms with E-state index in [2.05, 4.69) is 5.32 Å². The minimum atomic E-state index is -1.27. The molecule has 5 rings (SSSR count). The largest absolute Gasteiger partial charge is 0.465 e. The van der Waals surface area contributed by atoms with Gasteiger partial charge >= 0.3 is 6.09 Å². The Morgan fingerprint density at radius 3 is 2.26 bits per heavy atom. The first-order valence-electron chi connectivity index (χ1n) is 12.2. The van der Waals surface area contributed by atoms with Crippen LogP contribution < -0.4 is 10.2 Å². The number of carbonyl (C=O) groups is 3. The van der Waals surface area contributed by atoms with Crippen LogP contribution in [0.2, 0.25) is 10.0 Å². The van der Waals surface area contributed by atoms with Gasteiger partial charge in [-0.25, -0.2) is 4.79 Å². The topological polar surface area (TPSA) is 93.2 Å². The highest BCUT2D eigenvalue weighted by Gasteiger charge is 2.52. The van der Waals surface area contributed by atoms with Crippen molar-refractivity contribution >= 4 is 52.5 Å². The van der Waals surface area contributed by atoms with Crippen LogP contribution in [-0.2, 0) is 21.5 Å². The second kappa shape index (κ2) is 10.6. The van der Waals surface area contributed by atoms with Gasteiger partial charge < -0.3 is 25.1 Å². The Kier molecular flexibility index (Phi) is 7.19. The molecule has 1 atom stereocenters. The van der Waals surface area contributed by atoms with Crippen molar-refractivity contribution in [3.63, 3.8) is 0 Å². The number of carboxylic acid groups (broad SMARTS) is 1. The SMILES string of the molecule is O=C(O)N1CCN(C(=O)CN(c2ccccc2)C2(Cc3cccc(Cl)c3)C(=O)Nc3cc(Cl)ccc32)CC1. The molecule has 0 aliphatic carbocycles. The minimum Gasteiger partial charge on any atom is -0.465 e. The molecule has 2 aliphatic heterocycles. The maximum Gasteiger partial charge on any atom is 0.407 e. The van der Waals surface area contributed by atoms with E-state index in [4.69, 9.17) is 23.2 Å². The van der Waals surface area contributed by atoms with Gasteiger partial charge in [0, 0.05) is 59.6 Å². The van der Waals surface area contributed by atoms with Gasteiger partial charge in [0.25, 0.3) is 5.91 Å². The van der Waals surface area contributed by atoms with E-state index in [1.807, 2.05) is 59.5 Å². The fraction of sp³-hybridized carbons (Fsp3) is 0.250. The quantitative estimate of drug-likeness (QED) is 0.461. The van der Waals surface area contributed by atoms with Crippen molar-refractivity contribution in [2.75, 3.05) is 42.9 Å². The zero-order valence-corrected chi connectivity index (χ0v) is 22.0. The number of rotatable bonds is 6. The van der Waals surface area contributed by atoms with Crippen LogP contribution in [0, 0.1) is 0 Å². The molecule has 2 aliphatic rings. The minimum absolute atomic E-state index is 0.0901. The zero-order chi connectivity index (χ0) is 26.9. The molecule has 38 heavy (non-hydrogen) atoms. The van der Waals surface area contributed by atoms with E-state index in [0.717, 1.165) is 5.56 Å². The lowest BCUT2D eigenvalue weighted by atomic mass is 9.82. The summed E-state index contributed by atoms with van der Waals surface area (Å²) < 4.78 is 0. The normalized spacial score (nSPS) is 18.6. The molecule has 2 N–H and O–H groups in total. The highest BCUT2D eigenvalue weighted by Crippen LogP contribution is 2.46. The maximum atomic E-state index is 14.0. The van der Waals surface area contributed by atoms with Gasteiger partial charge in [0.2, 0.25) is 5.91 Å². The van der Waals surface area contributed by atoms with Gasteiger partial charge in [-0.2, -0.15) is 0 Å². The van der Waals surface area contributed by atoms with Crippen LogP contribution in [0.4, 0.5) is 16.2 Å². The summed E-state index contributed by atoms with van der Waals surface area (Å²) in [6.07, 6.45) is -0.746. The number of carbonyl (C=O) groups excluding carboxylic acids is 2. The van der Waals surface area contributed by atoms with E-state index in [9.17, 15) is 19.5 Å². The molecule has 196 valence electrons. The Morgan fingerprint density at radius 1 is 0.895 bits per heavy atom. The Bertz CT molecular complexity index is 1380. The number of amides is 3. The van der Waals surface area contributed by atoms with Gasteiger partial charge in [0.05, 0.1) is 6.54 Å². The van der Waals surface area contributed by atoms with Crippen LogP contribution in [-0.4, -0.2) is 65.5 Å². The van der Waals surface area contributed by atoms with Crippen LogP contribution in [0.25, 0.3) is 0 Å². The van der Waals surface area contributed by atoms with Gasteiger partial charge in [0.1, 0.15) is 0 Å². The second-order valence-electron chi connectivity index (χ2n) is 9.38. The molecule has 0 radical (unpaired) electrons. The summed E-state index contributed by atoms with van der Waals surface area (Å²) in [4.78, 5) is 43.8. The molecule has 3 amide bonds. The third kappa shape index (κ3) is 4.89. The number of hydrogen-bond donors (Lipinski definition) is 2. The van der Waals surface area contributed by atoms with Crippen molar-refractivity contribution in [1.82, 2.24) is 9.80 Å². The van der Waals surface area contributed by atoms with Crippen molar-refractivity contribution in [2.45, 2.75) is 12.0 Å². The molecule has 8 nitrogen and oxygen atoms in total. The lowest BCUT2D eigenvalue weighted by Crippen LogP contribution is -2.58. The summed E-state index contributed by atoms with van der Waals surface area (Å²) in [7, 11) is 0. The number of nitrogens with one attached hydrogen (secondary N) is 1. The highest BCUT2D eigenvalue weighted by atomic mass is 35.5. The molecule has 0 saturated carbocycles. The lowest BCUT2D eigenvalue weighted by molar-refractivity contribution is -0.131. The van der Waals surface area contributed by atoms with Crippen LogP contribution >= 0.6 is 23.2 Å². The summed E-state index contributed by atoms with van der Waals surface area (Å²) in [5, 5.41) is 13.3. The average Bonchev–Trinajstić information content (AvgIpc) is 3.18. The van der Waals surface area contributed by atoms with Crippen LogP contribution in [0.5, 0.6) is 0 Å². The zero-order valence-electron chi connectivity index (χ0n) is 20.4. The number of halogens is 2. The van der Waals surface area contributed by atoms with E-state index in [-0.39, 0.29) is 51.0 Å². The number of hydrogen-bond acceptors (Lipinski definition) is 4. The fourth-order valence-corrected chi connectivity index (χ4v) is 5.63. The van der Waals surface area contributed by atoms with Crippen LogP contribution in [0.15, 0.2) is 72.8 Å². The van der Waals surface area contributed by atoms with Crippen molar-refractivity contribution in [1.29, 1.82) is 0 Å². The van der Waals surface area contributed by atoms with Gasteiger partial charge in [-0.15, -0.1) is 0 Å². The summed E-state index contributed by atoms with van der Waals surface area (Å²) in [6.45, 7) is 0.956. The van der Waals surface area contributed by atoms with Crippen molar-refractivity contribution in [3.05, 3.63) is 94.0 Å². The third-order valence-corrected chi connectivity index (χ3v) is 7.60. The van der Waals surface area contributed by atoms with Crippen LogP contribution in [0.3, 0.4) is 0 Å². The van der Waals surface area contributed by atoms with Gasteiger partial charge in [-0.05, 0) is 42.0 Å². The first-order valence-corrected chi connectivity index (χ1v) is 13.0. The van der Waals surface area contributed by atoms with Crippen LogP contribution in [0.1, 0.15) is 11.1 Å². The van der Waals surface area contributed by atoms with E-state index in [1.54, 1.807) is 23.1 Å². The summed E-state index contributed by atoms with van der Waals surface area (Å²) in [5.74, 6) is -0.471. The molecule has 3 aromatic rings. The molecule has 2 heterocycles. The average molecular weight is 553 g/mol. The van der Waals surface area contributed by atoms with E-state index in [0.29, 0.717) is 27.0 Å². The summed E-state index contributed by atoms with van der Waals surface area (Å²) in [6, 6.07) is 22.0. The molecule has 3 aromatic carbocycles. The van der Waals surface area contributed by atoms with E-state index in [1.165, 1.54) is 4.90 Å². The standard InChI is InChI=1S/C28H26Cl2N4O4/c29-20-6-4-5-19(15-20)17-28(23-10-9-21(30)16-24(23)31-26(28)36)34(22-7-2-1-3-8-22)18-25(35)32-11-13-33(14-12-32)27(37)38/h1-10,15-16H,11-14,17-18H2,(H,31,36)(H,37,38). The Hall–Kier alpha value is -3.75.